The molecule has 0 atom stereocenters. The third-order valence-electron chi connectivity index (χ3n) is 3.64. The Kier molecular flexibility index (Phi) is 5.20. The minimum absolute atomic E-state index is 0.125. The van der Waals surface area contributed by atoms with Crippen LogP contribution in [0.5, 0.6) is 0 Å². The largest absolute Gasteiger partial charge is 0.372 e. The molecule has 0 spiro atoms. The third kappa shape index (κ3) is 4.50. The molecule has 0 aliphatic heterocycles. The molecule has 2 nitrogen and oxygen atoms in total. The average molecular weight is 264 g/mol. The lowest BCUT2D eigenvalue weighted by atomic mass is 10.1. The molecule has 1 saturated carbocycles. The number of benzene rings is 1. The van der Waals surface area contributed by atoms with Gasteiger partial charge in [0.25, 0.3) is 0 Å². The van der Waals surface area contributed by atoms with Crippen molar-refractivity contribution in [2.24, 2.45) is 0 Å². The molecule has 0 heterocycles. The number of rotatable bonds is 8. The zero-order valence-corrected chi connectivity index (χ0v) is 12.1. The fraction of sp³-hybridized carbons (Fsp3) is 0.625. The van der Waals surface area contributed by atoms with Gasteiger partial charge in [0.1, 0.15) is 5.82 Å². The maximum absolute atomic E-state index is 13.7. The Hall–Kier alpha value is -1.09. The quantitative estimate of drug-likeness (QED) is 0.770. The molecule has 1 fully saturated rings. The number of nitrogens with zero attached hydrogens (tertiary/aromatic N) is 1. The van der Waals surface area contributed by atoms with Crippen molar-refractivity contribution in [3.8, 4) is 0 Å². The van der Waals surface area contributed by atoms with Crippen molar-refractivity contribution in [1.82, 2.24) is 5.32 Å². The summed E-state index contributed by atoms with van der Waals surface area (Å²) < 4.78 is 13.7. The van der Waals surface area contributed by atoms with E-state index < -0.39 is 0 Å². The van der Waals surface area contributed by atoms with Crippen LogP contribution in [0.25, 0.3) is 0 Å². The summed E-state index contributed by atoms with van der Waals surface area (Å²) in [6.07, 6.45) is 4.85. The molecule has 1 aliphatic carbocycles. The predicted molar refractivity (Wildman–Crippen MR) is 79.1 cm³/mol. The van der Waals surface area contributed by atoms with Crippen molar-refractivity contribution in [3.05, 3.63) is 29.6 Å². The molecular formula is C16H25FN2. The monoisotopic (exact) mass is 264 g/mol. The first-order valence-electron chi connectivity index (χ1n) is 7.50. The van der Waals surface area contributed by atoms with E-state index in [9.17, 15) is 4.39 Å². The van der Waals surface area contributed by atoms with E-state index in [2.05, 4.69) is 30.1 Å². The van der Waals surface area contributed by atoms with E-state index in [0.29, 0.717) is 6.04 Å². The number of hydrogen-bond acceptors (Lipinski definition) is 2. The number of hydrogen-bond donors (Lipinski definition) is 1. The van der Waals surface area contributed by atoms with Gasteiger partial charge in [0.15, 0.2) is 0 Å². The van der Waals surface area contributed by atoms with Gasteiger partial charge >= 0.3 is 0 Å². The Balaban J connectivity index is 2.04. The fourth-order valence-electron chi connectivity index (χ4n) is 2.29. The maximum atomic E-state index is 13.7. The lowest BCUT2D eigenvalue weighted by Gasteiger charge is -2.23. The minimum atomic E-state index is -0.125. The zero-order valence-electron chi connectivity index (χ0n) is 12.1. The summed E-state index contributed by atoms with van der Waals surface area (Å²) >= 11 is 0. The summed E-state index contributed by atoms with van der Waals surface area (Å²) in [7, 11) is 0. The van der Waals surface area contributed by atoms with Crippen LogP contribution in [0.4, 0.5) is 10.1 Å². The van der Waals surface area contributed by atoms with Gasteiger partial charge in [0, 0.05) is 31.4 Å². The van der Waals surface area contributed by atoms with E-state index in [-0.39, 0.29) is 5.82 Å². The predicted octanol–water partition coefficient (Wildman–Crippen LogP) is 3.70. The highest BCUT2D eigenvalue weighted by molar-refractivity contribution is 5.49. The molecule has 0 bridgehead atoms. The smallest absolute Gasteiger partial charge is 0.125 e. The van der Waals surface area contributed by atoms with Gasteiger partial charge < -0.3 is 10.2 Å². The highest BCUT2D eigenvalue weighted by atomic mass is 19.1. The van der Waals surface area contributed by atoms with Crippen molar-refractivity contribution in [1.29, 1.82) is 0 Å². The van der Waals surface area contributed by atoms with Gasteiger partial charge in [-0.3, -0.25) is 0 Å². The first-order chi connectivity index (χ1) is 9.22. The number of nitrogens with one attached hydrogen (secondary N) is 1. The molecule has 1 aromatic rings. The molecule has 3 heteroatoms. The van der Waals surface area contributed by atoms with Gasteiger partial charge in [-0.15, -0.1) is 0 Å². The Morgan fingerprint density at radius 3 is 2.68 bits per heavy atom. The van der Waals surface area contributed by atoms with Crippen LogP contribution < -0.4 is 10.2 Å². The SMILES string of the molecule is CCCCN(CC)c1cc(F)cc(CNC2CC2)c1. The van der Waals surface area contributed by atoms with Gasteiger partial charge in [-0.05, 0) is 49.9 Å². The van der Waals surface area contributed by atoms with Crippen molar-refractivity contribution in [3.63, 3.8) is 0 Å². The summed E-state index contributed by atoms with van der Waals surface area (Å²) in [6.45, 7) is 7.03. The Morgan fingerprint density at radius 1 is 1.26 bits per heavy atom. The van der Waals surface area contributed by atoms with Crippen molar-refractivity contribution in [2.45, 2.75) is 52.1 Å². The molecule has 0 amide bonds. The van der Waals surface area contributed by atoms with E-state index in [1.807, 2.05) is 0 Å². The molecule has 0 aromatic heterocycles. The van der Waals surface area contributed by atoms with Crippen molar-refractivity contribution < 1.29 is 4.39 Å². The molecule has 0 radical (unpaired) electrons. The molecule has 0 unspecified atom stereocenters. The van der Waals surface area contributed by atoms with Gasteiger partial charge in [-0.1, -0.05) is 13.3 Å². The number of halogens is 1. The van der Waals surface area contributed by atoms with Crippen LogP contribution in [0.3, 0.4) is 0 Å². The van der Waals surface area contributed by atoms with Crippen LogP contribution in [0, 0.1) is 5.82 Å². The van der Waals surface area contributed by atoms with E-state index in [4.69, 9.17) is 0 Å². The Bertz CT molecular complexity index is 402. The summed E-state index contributed by atoms with van der Waals surface area (Å²) in [4.78, 5) is 2.26. The van der Waals surface area contributed by atoms with Gasteiger partial charge in [0.2, 0.25) is 0 Å². The Morgan fingerprint density at radius 2 is 2.05 bits per heavy atom. The summed E-state index contributed by atoms with van der Waals surface area (Å²) in [5.74, 6) is -0.125. The number of unbranched alkanes of at least 4 members (excludes halogenated alkanes) is 1. The minimum Gasteiger partial charge on any atom is -0.372 e. The van der Waals surface area contributed by atoms with Crippen LogP contribution in [-0.4, -0.2) is 19.1 Å². The lowest BCUT2D eigenvalue weighted by Crippen LogP contribution is -2.24. The molecule has 1 aromatic carbocycles. The first-order valence-corrected chi connectivity index (χ1v) is 7.50. The van der Waals surface area contributed by atoms with Crippen LogP contribution >= 0.6 is 0 Å². The maximum Gasteiger partial charge on any atom is 0.125 e. The van der Waals surface area contributed by atoms with E-state index in [1.165, 1.54) is 19.3 Å². The molecule has 106 valence electrons. The van der Waals surface area contributed by atoms with Crippen LogP contribution in [-0.2, 0) is 6.54 Å². The van der Waals surface area contributed by atoms with Crippen LogP contribution in [0.15, 0.2) is 18.2 Å². The van der Waals surface area contributed by atoms with Crippen molar-refractivity contribution in [2.75, 3.05) is 18.0 Å². The van der Waals surface area contributed by atoms with Gasteiger partial charge in [-0.25, -0.2) is 4.39 Å². The van der Waals surface area contributed by atoms with E-state index in [0.717, 1.165) is 37.3 Å². The van der Waals surface area contributed by atoms with Crippen LogP contribution in [0.2, 0.25) is 0 Å². The van der Waals surface area contributed by atoms with Gasteiger partial charge in [-0.2, -0.15) is 0 Å². The molecular weight excluding hydrogens is 239 g/mol. The summed E-state index contributed by atoms with van der Waals surface area (Å²) in [5.41, 5.74) is 2.07. The molecule has 19 heavy (non-hydrogen) atoms. The third-order valence-corrected chi connectivity index (χ3v) is 3.64. The molecule has 1 N–H and O–H groups in total. The molecule has 1 aliphatic rings. The second kappa shape index (κ2) is 6.90. The summed E-state index contributed by atoms with van der Waals surface area (Å²) in [5, 5.41) is 3.44. The zero-order chi connectivity index (χ0) is 13.7. The van der Waals surface area contributed by atoms with Crippen molar-refractivity contribution >= 4 is 5.69 Å². The second-order valence-electron chi connectivity index (χ2n) is 5.41. The van der Waals surface area contributed by atoms with E-state index >= 15 is 0 Å². The van der Waals surface area contributed by atoms with Gasteiger partial charge in [0.05, 0.1) is 0 Å². The standard InChI is InChI=1S/C16H25FN2/c1-3-5-8-19(4-2)16-10-13(9-14(17)11-16)12-18-15-6-7-15/h9-11,15,18H,3-8,12H2,1-2H3. The topological polar surface area (TPSA) is 15.3 Å². The molecule has 2 rings (SSSR count). The normalized spacial score (nSPS) is 14.7. The highest BCUT2D eigenvalue weighted by Crippen LogP contribution is 2.22. The fourth-order valence-corrected chi connectivity index (χ4v) is 2.29. The van der Waals surface area contributed by atoms with E-state index in [1.54, 1.807) is 12.1 Å². The second-order valence-corrected chi connectivity index (χ2v) is 5.41. The lowest BCUT2D eigenvalue weighted by molar-refractivity contribution is 0.617. The first kappa shape index (κ1) is 14.3. The highest BCUT2D eigenvalue weighted by Gasteiger charge is 2.20. The Labute approximate surface area is 116 Å². The van der Waals surface area contributed by atoms with Crippen LogP contribution in [0.1, 0.15) is 45.1 Å². The average Bonchev–Trinajstić information content (AvgIpc) is 3.21. The molecule has 0 saturated heterocycles. The summed E-state index contributed by atoms with van der Waals surface area (Å²) in [6, 6.07) is 6.08. The number of anilines is 1.